The fourth-order valence-corrected chi connectivity index (χ4v) is 2.99. The third kappa shape index (κ3) is 3.30. The minimum Gasteiger partial charge on any atom is -0.451 e. The minimum atomic E-state index is -0.441. The zero-order valence-corrected chi connectivity index (χ0v) is 14.3. The smallest absolute Gasteiger partial charge is 0.307 e. The maximum atomic E-state index is 12.2. The number of amides is 2. The minimum absolute atomic E-state index is 0.0691. The third-order valence-corrected chi connectivity index (χ3v) is 4.16. The molecule has 0 unspecified atom stereocenters. The van der Waals surface area contributed by atoms with Crippen molar-refractivity contribution in [1.82, 2.24) is 9.99 Å². The van der Waals surface area contributed by atoms with Crippen LogP contribution in [0.4, 0.5) is 0 Å². The van der Waals surface area contributed by atoms with Crippen molar-refractivity contribution in [3.63, 3.8) is 0 Å². The van der Waals surface area contributed by atoms with Gasteiger partial charge in [-0.25, -0.2) is 5.43 Å². The summed E-state index contributed by atoms with van der Waals surface area (Å²) in [6.45, 7) is 0.0691. The van der Waals surface area contributed by atoms with Crippen LogP contribution in [-0.4, -0.2) is 22.6 Å². The molecule has 0 aliphatic carbocycles. The summed E-state index contributed by atoms with van der Waals surface area (Å²) in [7, 11) is 0. The highest BCUT2D eigenvalue weighted by molar-refractivity contribution is 6.01. The molecule has 0 spiro atoms. The zero-order chi connectivity index (χ0) is 18.8. The van der Waals surface area contributed by atoms with Crippen LogP contribution in [0.25, 0.3) is 21.9 Å². The van der Waals surface area contributed by atoms with Crippen LogP contribution in [0.15, 0.2) is 70.3 Å². The van der Waals surface area contributed by atoms with E-state index < -0.39 is 11.8 Å². The Labute approximate surface area is 154 Å². The van der Waals surface area contributed by atoms with E-state index in [9.17, 15) is 9.59 Å². The summed E-state index contributed by atoms with van der Waals surface area (Å²) in [5, 5.41) is 5.77. The average Bonchev–Trinajstić information content (AvgIpc) is 3.24. The van der Waals surface area contributed by atoms with Crippen molar-refractivity contribution in [2.24, 2.45) is 10.8 Å². The summed E-state index contributed by atoms with van der Waals surface area (Å²) in [5.74, 6) is -0.690. The van der Waals surface area contributed by atoms with Crippen LogP contribution in [0.2, 0.25) is 0 Å². The standard InChI is InChI=1S/C20H16N4O3/c21-19(25)12-24-11-14(15-6-2-3-7-16(15)24)10-22-23-20(26)18-9-13-5-1-4-8-17(13)27-18/h1-11H,12H2,(H2,21,25)(H,23,26). The number of primary amides is 1. The third-order valence-electron chi connectivity index (χ3n) is 4.16. The highest BCUT2D eigenvalue weighted by Gasteiger charge is 2.12. The summed E-state index contributed by atoms with van der Waals surface area (Å²) in [5.41, 5.74) is 10.0. The molecule has 27 heavy (non-hydrogen) atoms. The Morgan fingerprint density at radius 3 is 2.74 bits per heavy atom. The van der Waals surface area contributed by atoms with E-state index >= 15 is 0 Å². The first-order valence-electron chi connectivity index (χ1n) is 8.30. The Morgan fingerprint density at radius 2 is 1.93 bits per heavy atom. The second-order valence-corrected chi connectivity index (χ2v) is 6.04. The highest BCUT2D eigenvalue weighted by Crippen LogP contribution is 2.20. The van der Waals surface area contributed by atoms with E-state index in [1.165, 1.54) is 6.21 Å². The van der Waals surface area contributed by atoms with Crippen LogP contribution in [-0.2, 0) is 11.3 Å². The first-order valence-corrected chi connectivity index (χ1v) is 8.30. The highest BCUT2D eigenvalue weighted by atomic mass is 16.3. The van der Waals surface area contributed by atoms with Gasteiger partial charge in [0.25, 0.3) is 0 Å². The normalized spacial score (nSPS) is 11.4. The van der Waals surface area contributed by atoms with Gasteiger partial charge in [0.2, 0.25) is 5.91 Å². The molecule has 134 valence electrons. The molecule has 7 nitrogen and oxygen atoms in total. The van der Waals surface area contributed by atoms with Crippen molar-refractivity contribution in [1.29, 1.82) is 0 Å². The Bertz CT molecular complexity index is 1150. The number of hydrazone groups is 1. The summed E-state index contributed by atoms with van der Waals surface area (Å²) in [4.78, 5) is 23.5. The van der Waals surface area contributed by atoms with Gasteiger partial charge in [-0.1, -0.05) is 36.4 Å². The van der Waals surface area contributed by atoms with E-state index in [-0.39, 0.29) is 12.3 Å². The number of aromatic nitrogens is 1. The molecule has 0 aliphatic heterocycles. The van der Waals surface area contributed by atoms with Gasteiger partial charge in [-0.05, 0) is 18.2 Å². The van der Waals surface area contributed by atoms with Gasteiger partial charge in [-0.2, -0.15) is 5.10 Å². The van der Waals surface area contributed by atoms with E-state index in [2.05, 4.69) is 10.5 Å². The molecular weight excluding hydrogens is 344 g/mol. The van der Waals surface area contributed by atoms with Crippen LogP contribution < -0.4 is 11.2 Å². The molecule has 0 saturated heterocycles. The molecule has 0 saturated carbocycles. The number of rotatable bonds is 5. The first kappa shape index (κ1) is 16.6. The molecule has 0 radical (unpaired) electrons. The summed E-state index contributed by atoms with van der Waals surface area (Å²) in [6.07, 6.45) is 3.30. The van der Waals surface area contributed by atoms with Crippen LogP contribution in [0.3, 0.4) is 0 Å². The number of furan rings is 1. The molecule has 4 rings (SSSR count). The molecule has 2 amide bonds. The molecule has 2 aromatic carbocycles. The topological polar surface area (TPSA) is 103 Å². The largest absolute Gasteiger partial charge is 0.451 e. The lowest BCUT2D eigenvalue weighted by molar-refractivity contribution is -0.118. The lowest BCUT2D eigenvalue weighted by Gasteiger charge is -2.00. The lowest BCUT2D eigenvalue weighted by atomic mass is 10.2. The molecule has 4 aromatic rings. The Kier molecular flexibility index (Phi) is 4.18. The molecule has 0 bridgehead atoms. The average molecular weight is 360 g/mol. The van der Waals surface area contributed by atoms with Crippen LogP contribution in [0.1, 0.15) is 16.1 Å². The van der Waals surface area contributed by atoms with E-state index in [1.54, 1.807) is 22.9 Å². The molecule has 2 heterocycles. The van der Waals surface area contributed by atoms with E-state index in [0.717, 1.165) is 21.9 Å². The quantitative estimate of drug-likeness (QED) is 0.422. The van der Waals surface area contributed by atoms with Crippen molar-refractivity contribution in [2.75, 3.05) is 0 Å². The fraction of sp³-hybridized carbons (Fsp3) is 0.0500. The number of nitrogens with two attached hydrogens (primary N) is 1. The number of nitrogens with one attached hydrogen (secondary N) is 1. The number of hydrogen-bond acceptors (Lipinski definition) is 4. The van der Waals surface area contributed by atoms with E-state index in [4.69, 9.17) is 10.2 Å². The van der Waals surface area contributed by atoms with E-state index in [1.807, 2.05) is 42.5 Å². The Hall–Kier alpha value is -3.87. The lowest BCUT2D eigenvalue weighted by Crippen LogP contribution is -2.18. The second-order valence-electron chi connectivity index (χ2n) is 6.04. The molecule has 0 aliphatic rings. The summed E-state index contributed by atoms with van der Waals surface area (Å²) in [6, 6.07) is 16.6. The predicted octanol–water partition coefficient (Wildman–Crippen LogP) is 2.64. The van der Waals surface area contributed by atoms with Gasteiger partial charge in [-0.3, -0.25) is 9.59 Å². The number of carbonyl (C=O) groups excluding carboxylic acids is 2. The van der Waals surface area contributed by atoms with Crippen LogP contribution in [0, 0.1) is 0 Å². The van der Waals surface area contributed by atoms with Gasteiger partial charge in [0.1, 0.15) is 12.1 Å². The second kappa shape index (κ2) is 6.80. The van der Waals surface area contributed by atoms with Gasteiger partial charge in [-0.15, -0.1) is 0 Å². The van der Waals surface area contributed by atoms with Crippen molar-refractivity contribution >= 4 is 39.9 Å². The Balaban J connectivity index is 1.56. The van der Waals surface area contributed by atoms with Gasteiger partial charge < -0.3 is 14.7 Å². The molecule has 2 aromatic heterocycles. The number of benzene rings is 2. The van der Waals surface area contributed by atoms with Crippen molar-refractivity contribution in [3.05, 3.63) is 72.1 Å². The Morgan fingerprint density at radius 1 is 1.15 bits per heavy atom. The molecule has 7 heteroatoms. The monoisotopic (exact) mass is 360 g/mol. The molecular formula is C20H16N4O3. The molecule has 0 atom stereocenters. The SMILES string of the molecule is NC(=O)Cn1cc(C=NNC(=O)c2cc3ccccc3o2)c2ccccc21. The predicted molar refractivity (Wildman–Crippen MR) is 102 cm³/mol. The number of para-hydroxylation sites is 2. The summed E-state index contributed by atoms with van der Waals surface area (Å²) < 4.78 is 7.26. The van der Waals surface area contributed by atoms with Crippen LogP contribution >= 0.6 is 0 Å². The number of carbonyl (C=O) groups is 2. The zero-order valence-electron chi connectivity index (χ0n) is 14.3. The maximum absolute atomic E-state index is 12.2. The van der Waals surface area contributed by atoms with Gasteiger partial charge >= 0.3 is 5.91 Å². The van der Waals surface area contributed by atoms with Gasteiger partial charge in [0.05, 0.1) is 6.21 Å². The molecule has 0 fully saturated rings. The van der Waals surface area contributed by atoms with Crippen molar-refractivity contribution < 1.29 is 14.0 Å². The van der Waals surface area contributed by atoms with Crippen molar-refractivity contribution in [2.45, 2.75) is 6.54 Å². The maximum Gasteiger partial charge on any atom is 0.307 e. The fourth-order valence-electron chi connectivity index (χ4n) is 2.99. The number of nitrogens with zero attached hydrogens (tertiary/aromatic N) is 2. The number of fused-ring (bicyclic) bond motifs is 2. The summed E-state index contributed by atoms with van der Waals surface area (Å²) >= 11 is 0. The number of hydrogen-bond donors (Lipinski definition) is 2. The first-order chi connectivity index (χ1) is 13.1. The van der Waals surface area contributed by atoms with Crippen LogP contribution in [0.5, 0.6) is 0 Å². The van der Waals surface area contributed by atoms with Crippen molar-refractivity contribution in [3.8, 4) is 0 Å². The van der Waals surface area contributed by atoms with E-state index in [0.29, 0.717) is 5.58 Å². The van der Waals surface area contributed by atoms with Gasteiger partial charge in [0.15, 0.2) is 5.76 Å². The molecule has 3 N–H and O–H groups in total. The van der Waals surface area contributed by atoms with Gasteiger partial charge in [0, 0.05) is 28.0 Å².